The van der Waals surface area contributed by atoms with Crippen molar-refractivity contribution in [2.75, 3.05) is 19.8 Å². The zero-order valence-electron chi connectivity index (χ0n) is 18.6. The number of aliphatic hydroxyl groups excluding tert-OH is 3. The number of hydrogen-bond acceptors (Lipinski definition) is 5. The van der Waals surface area contributed by atoms with Gasteiger partial charge in [-0.15, -0.1) is 0 Å². The number of aliphatic hydroxyl groups is 3. The molecule has 0 amide bonds. The molecular formula is C24H46O5. The van der Waals surface area contributed by atoms with Crippen LogP contribution < -0.4 is 0 Å². The Balaban J connectivity index is 1.75. The van der Waals surface area contributed by atoms with Gasteiger partial charge < -0.3 is 24.8 Å². The second-order valence-electron chi connectivity index (χ2n) is 8.45. The van der Waals surface area contributed by atoms with E-state index in [1.165, 1.54) is 77.0 Å². The van der Waals surface area contributed by atoms with E-state index in [4.69, 9.17) is 9.47 Å². The molecule has 3 N–H and O–H groups in total. The molecule has 1 aliphatic heterocycles. The lowest BCUT2D eigenvalue weighted by Crippen LogP contribution is -2.40. The lowest BCUT2D eigenvalue weighted by molar-refractivity contribution is -0.0813. The molecule has 5 nitrogen and oxygen atoms in total. The Kier molecular flexibility index (Phi) is 16.8. The zero-order chi connectivity index (χ0) is 21.2. The summed E-state index contributed by atoms with van der Waals surface area (Å²) in [5, 5.41) is 29.1. The molecule has 1 aliphatic rings. The molecule has 0 spiro atoms. The van der Waals surface area contributed by atoms with Crippen LogP contribution in [0.1, 0.15) is 96.8 Å². The predicted molar refractivity (Wildman–Crippen MR) is 118 cm³/mol. The summed E-state index contributed by atoms with van der Waals surface area (Å²) in [5.74, 6) is 0. The second-order valence-corrected chi connectivity index (χ2v) is 8.45. The molecule has 0 aromatic carbocycles. The first-order valence-electron chi connectivity index (χ1n) is 12.0. The van der Waals surface area contributed by atoms with Gasteiger partial charge >= 0.3 is 0 Å². The van der Waals surface area contributed by atoms with Gasteiger partial charge in [0.1, 0.15) is 24.4 Å². The van der Waals surface area contributed by atoms with Crippen LogP contribution in [-0.4, -0.2) is 59.6 Å². The number of allylic oxidation sites excluding steroid dienone is 2. The minimum atomic E-state index is -1.03. The van der Waals surface area contributed by atoms with Crippen molar-refractivity contribution in [3.63, 3.8) is 0 Å². The fourth-order valence-corrected chi connectivity index (χ4v) is 3.84. The van der Waals surface area contributed by atoms with Crippen molar-refractivity contribution in [3.05, 3.63) is 12.2 Å². The van der Waals surface area contributed by atoms with Crippen molar-refractivity contribution < 1.29 is 24.8 Å². The Morgan fingerprint density at radius 3 is 1.86 bits per heavy atom. The summed E-state index contributed by atoms with van der Waals surface area (Å²) < 4.78 is 10.7. The van der Waals surface area contributed by atoms with Crippen LogP contribution in [0.15, 0.2) is 12.2 Å². The molecule has 1 heterocycles. The highest BCUT2D eigenvalue weighted by Gasteiger charge is 2.39. The summed E-state index contributed by atoms with van der Waals surface area (Å²) in [6, 6.07) is 0. The van der Waals surface area contributed by atoms with Gasteiger partial charge in [0.2, 0.25) is 0 Å². The molecule has 4 atom stereocenters. The van der Waals surface area contributed by atoms with Crippen LogP contribution in [0.3, 0.4) is 0 Å². The highest BCUT2D eigenvalue weighted by Crippen LogP contribution is 2.18. The number of hydrogen-bond donors (Lipinski definition) is 3. The highest BCUT2D eigenvalue weighted by atomic mass is 16.5. The molecule has 0 aromatic heterocycles. The Labute approximate surface area is 178 Å². The van der Waals surface area contributed by atoms with E-state index in [-0.39, 0.29) is 13.2 Å². The third-order valence-electron chi connectivity index (χ3n) is 5.75. The summed E-state index contributed by atoms with van der Waals surface area (Å²) in [6.07, 6.45) is 19.2. The van der Waals surface area contributed by atoms with Gasteiger partial charge in [-0.2, -0.15) is 0 Å². The molecule has 0 unspecified atom stereocenters. The maximum absolute atomic E-state index is 9.95. The fourth-order valence-electron chi connectivity index (χ4n) is 3.84. The van der Waals surface area contributed by atoms with E-state index in [1.54, 1.807) is 0 Å². The molecule has 0 aliphatic carbocycles. The van der Waals surface area contributed by atoms with E-state index >= 15 is 0 Å². The standard InChI is InChI=1S/C24H46O5/c1-2-3-4-5-6-7-8-9-10-11-12-13-14-15-16-17-18-28-19-22(26)24-23(27)21(25)20-29-24/h2-3,21-27H,4-20H2,1H3/b3-2+/t21-,22+,23+,24+/m0/s1. The molecular weight excluding hydrogens is 368 g/mol. The van der Waals surface area contributed by atoms with Gasteiger partial charge in [-0.3, -0.25) is 0 Å². The van der Waals surface area contributed by atoms with E-state index < -0.39 is 24.4 Å². The van der Waals surface area contributed by atoms with Crippen LogP contribution in [0.2, 0.25) is 0 Å². The van der Waals surface area contributed by atoms with Crippen molar-refractivity contribution >= 4 is 0 Å². The summed E-state index contributed by atoms with van der Waals surface area (Å²) in [5.41, 5.74) is 0. The van der Waals surface area contributed by atoms with Gasteiger partial charge in [-0.25, -0.2) is 0 Å². The van der Waals surface area contributed by atoms with Crippen molar-refractivity contribution in [1.82, 2.24) is 0 Å². The van der Waals surface area contributed by atoms with Crippen molar-refractivity contribution in [3.8, 4) is 0 Å². The van der Waals surface area contributed by atoms with Crippen molar-refractivity contribution in [1.29, 1.82) is 0 Å². The second kappa shape index (κ2) is 18.3. The van der Waals surface area contributed by atoms with Gasteiger partial charge in [0.15, 0.2) is 0 Å². The smallest absolute Gasteiger partial charge is 0.114 e. The first-order valence-corrected chi connectivity index (χ1v) is 12.0. The molecule has 1 saturated heterocycles. The lowest BCUT2D eigenvalue weighted by atomic mass is 10.0. The van der Waals surface area contributed by atoms with E-state index in [0.29, 0.717) is 6.61 Å². The average molecular weight is 415 g/mol. The van der Waals surface area contributed by atoms with Gasteiger partial charge in [0.25, 0.3) is 0 Å². The largest absolute Gasteiger partial charge is 0.388 e. The topological polar surface area (TPSA) is 79.2 Å². The van der Waals surface area contributed by atoms with Crippen LogP contribution in [0.5, 0.6) is 0 Å². The Morgan fingerprint density at radius 2 is 1.38 bits per heavy atom. The quantitative estimate of drug-likeness (QED) is 0.214. The first kappa shape index (κ1) is 26.6. The average Bonchev–Trinajstić information content (AvgIpc) is 3.05. The minimum absolute atomic E-state index is 0.0695. The third kappa shape index (κ3) is 13.5. The van der Waals surface area contributed by atoms with Gasteiger partial charge in [0.05, 0.1) is 13.2 Å². The monoisotopic (exact) mass is 414 g/mol. The summed E-state index contributed by atoms with van der Waals surface area (Å²) in [7, 11) is 0. The number of unbranched alkanes of at least 4 members (excludes halogenated alkanes) is 13. The SMILES string of the molecule is C/C=C/CCCCCCCCCCCCCCCOC[C@@H](O)[C@H]1OC[C@H](O)[C@H]1O. The molecule has 1 rings (SSSR count). The van der Waals surface area contributed by atoms with Gasteiger partial charge in [0, 0.05) is 6.61 Å². The summed E-state index contributed by atoms with van der Waals surface area (Å²) in [6.45, 7) is 2.93. The van der Waals surface area contributed by atoms with Crippen LogP contribution in [0, 0.1) is 0 Å². The molecule has 0 radical (unpaired) electrons. The molecule has 0 saturated carbocycles. The maximum Gasteiger partial charge on any atom is 0.114 e. The molecule has 0 aromatic rings. The molecule has 5 heteroatoms. The Hall–Kier alpha value is -0.460. The van der Waals surface area contributed by atoms with E-state index in [0.717, 1.165) is 12.8 Å². The number of rotatable bonds is 19. The Morgan fingerprint density at radius 1 is 0.862 bits per heavy atom. The van der Waals surface area contributed by atoms with Crippen LogP contribution in [0.4, 0.5) is 0 Å². The lowest BCUT2D eigenvalue weighted by Gasteiger charge is -2.20. The fraction of sp³-hybridized carbons (Fsp3) is 0.917. The molecule has 1 fully saturated rings. The van der Waals surface area contributed by atoms with Crippen LogP contribution in [0.25, 0.3) is 0 Å². The van der Waals surface area contributed by atoms with Crippen LogP contribution in [-0.2, 0) is 9.47 Å². The van der Waals surface area contributed by atoms with E-state index in [1.807, 2.05) is 0 Å². The Bertz CT molecular complexity index is 387. The summed E-state index contributed by atoms with van der Waals surface area (Å²) >= 11 is 0. The van der Waals surface area contributed by atoms with Gasteiger partial charge in [-0.1, -0.05) is 82.8 Å². The maximum atomic E-state index is 9.95. The normalized spacial score (nSPS) is 23.2. The van der Waals surface area contributed by atoms with Crippen molar-refractivity contribution in [2.24, 2.45) is 0 Å². The highest BCUT2D eigenvalue weighted by molar-refractivity contribution is 4.87. The van der Waals surface area contributed by atoms with Gasteiger partial charge in [-0.05, 0) is 26.2 Å². The predicted octanol–water partition coefficient (Wildman–Crippen LogP) is 4.52. The zero-order valence-corrected chi connectivity index (χ0v) is 18.6. The molecule has 0 bridgehead atoms. The minimum Gasteiger partial charge on any atom is -0.388 e. The summed E-state index contributed by atoms with van der Waals surface area (Å²) in [4.78, 5) is 0. The van der Waals surface area contributed by atoms with Crippen molar-refractivity contribution in [2.45, 2.75) is 121 Å². The van der Waals surface area contributed by atoms with E-state index in [2.05, 4.69) is 19.1 Å². The first-order chi connectivity index (χ1) is 14.2. The number of ether oxygens (including phenoxy) is 2. The molecule has 29 heavy (non-hydrogen) atoms. The third-order valence-corrected chi connectivity index (χ3v) is 5.75. The van der Waals surface area contributed by atoms with Crippen LogP contribution >= 0.6 is 0 Å². The molecule has 172 valence electrons. The van der Waals surface area contributed by atoms with E-state index in [9.17, 15) is 15.3 Å².